The molecule has 1 unspecified atom stereocenters. The van der Waals surface area contributed by atoms with E-state index >= 15 is 0 Å². The molecule has 71 heavy (non-hydrogen) atoms. The SMILES string of the molecule is CC1=CC2[C@H]3B(c4cc5c(cc4N2c2cc4c(cc2-c2ccccc2)C(C)(C)CCC4(C)C)C(C)(C)CCC5(C)C)c2sc4cc5c(cc4c2N([C@@H]2C=CC(C(C)(C)C)=CC2)C3=C1)C(C)(C)CCC5(C)C. The molecule has 0 amide bonds. The lowest BCUT2D eigenvalue weighted by Gasteiger charge is -2.55. The van der Waals surface area contributed by atoms with Crippen LogP contribution in [0.4, 0.5) is 17.1 Å². The predicted octanol–water partition coefficient (Wildman–Crippen LogP) is 17.1. The Balaban J connectivity index is 1.20. The molecule has 0 saturated heterocycles. The maximum absolute atomic E-state index is 2.92. The summed E-state index contributed by atoms with van der Waals surface area (Å²) in [5.41, 5.74) is 22.7. The highest BCUT2D eigenvalue weighted by Gasteiger charge is 2.56. The largest absolute Gasteiger partial charge is 0.337 e. The molecule has 2 nitrogen and oxygen atoms in total. The maximum atomic E-state index is 2.92. The molecule has 2 aliphatic heterocycles. The molecule has 0 radical (unpaired) electrons. The van der Waals surface area contributed by atoms with Gasteiger partial charge < -0.3 is 9.80 Å². The van der Waals surface area contributed by atoms with Crippen molar-refractivity contribution in [1.29, 1.82) is 0 Å². The number of benzene rings is 4. The van der Waals surface area contributed by atoms with Gasteiger partial charge in [-0.15, -0.1) is 11.3 Å². The van der Waals surface area contributed by atoms with Gasteiger partial charge in [-0.3, -0.25) is 0 Å². The monoisotopic (exact) mass is 957 g/mol. The molecule has 368 valence electrons. The maximum Gasteiger partial charge on any atom is 0.239 e. The van der Waals surface area contributed by atoms with Gasteiger partial charge in [0.1, 0.15) is 0 Å². The van der Waals surface area contributed by atoms with E-state index in [0.717, 1.165) is 6.42 Å². The first-order chi connectivity index (χ1) is 33.2. The van der Waals surface area contributed by atoms with E-state index in [9.17, 15) is 0 Å². The Labute approximate surface area is 432 Å². The van der Waals surface area contributed by atoms with Crippen LogP contribution in [0.3, 0.4) is 0 Å². The molecule has 1 aromatic heterocycles. The number of anilines is 3. The zero-order chi connectivity index (χ0) is 50.3. The van der Waals surface area contributed by atoms with Gasteiger partial charge in [0.2, 0.25) is 6.71 Å². The summed E-state index contributed by atoms with van der Waals surface area (Å²) in [6, 6.07) is 28.0. The summed E-state index contributed by atoms with van der Waals surface area (Å²) in [6.07, 6.45) is 21.2. The van der Waals surface area contributed by atoms with Gasteiger partial charge in [0, 0.05) is 43.3 Å². The number of hydrogen-bond acceptors (Lipinski definition) is 3. The lowest BCUT2D eigenvalue weighted by atomic mass is 9.30. The van der Waals surface area contributed by atoms with E-state index in [-0.39, 0.29) is 62.5 Å². The summed E-state index contributed by atoms with van der Waals surface area (Å²) in [5, 5.41) is 1.46. The molecule has 0 bridgehead atoms. The minimum absolute atomic E-state index is 0.0594. The van der Waals surface area contributed by atoms with Crippen LogP contribution in [0, 0.1) is 5.41 Å². The molecule has 12 rings (SSSR count). The molecular weight excluding hydrogens is 876 g/mol. The molecule has 4 heteroatoms. The fourth-order valence-corrected chi connectivity index (χ4v) is 16.3. The first kappa shape index (κ1) is 47.5. The van der Waals surface area contributed by atoms with Crippen molar-refractivity contribution < 1.29 is 0 Å². The number of thiophene rings is 1. The molecule has 0 saturated carbocycles. The van der Waals surface area contributed by atoms with E-state index in [1.165, 1.54) is 110 Å². The normalized spacial score (nSPS) is 25.7. The van der Waals surface area contributed by atoms with Crippen LogP contribution in [0.5, 0.6) is 0 Å². The number of fused-ring (bicyclic) bond motifs is 9. The van der Waals surface area contributed by atoms with Crippen molar-refractivity contribution in [3.05, 3.63) is 147 Å². The second-order valence-electron chi connectivity index (χ2n) is 28.5. The molecular formula is C67H81BN2S. The van der Waals surface area contributed by atoms with Crippen molar-refractivity contribution in [2.24, 2.45) is 5.41 Å². The number of hydrogen-bond donors (Lipinski definition) is 0. The van der Waals surface area contributed by atoms with Gasteiger partial charge >= 0.3 is 0 Å². The number of nitrogens with zero attached hydrogens (tertiary/aromatic N) is 2. The molecule has 3 heterocycles. The second kappa shape index (κ2) is 15.3. The molecule has 5 aliphatic carbocycles. The Hall–Kier alpha value is -4.54. The topological polar surface area (TPSA) is 6.48 Å². The van der Waals surface area contributed by atoms with Crippen molar-refractivity contribution in [2.75, 3.05) is 9.80 Å². The van der Waals surface area contributed by atoms with Crippen molar-refractivity contribution in [1.82, 2.24) is 0 Å². The molecule has 0 spiro atoms. The van der Waals surface area contributed by atoms with Crippen LogP contribution in [0.15, 0.2) is 114 Å². The summed E-state index contributed by atoms with van der Waals surface area (Å²) < 4.78 is 3.03. The highest BCUT2D eigenvalue weighted by Crippen LogP contribution is 2.59. The van der Waals surface area contributed by atoms with Crippen molar-refractivity contribution in [3.8, 4) is 11.1 Å². The van der Waals surface area contributed by atoms with Crippen LogP contribution in [0.25, 0.3) is 21.2 Å². The Morgan fingerprint density at radius 3 is 1.68 bits per heavy atom. The highest BCUT2D eigenvalue weighted by atomic mass is 32.1. The van der Waals surface area contributed by atoms with Gasteiger partial charge in [-0.05, 0) is 176 Å². The first-order valence-corrected chi connectivity index (χ1v) is 28.4. The fraction of sp³-hybridized carbons (Fsp3) is 0.493. The molecule has 4 aromatic carbocycles. The van der Waals surface area contributed by atoms with E-state index in [0.29, 0.717) is 0 Å². The molecule has 0 fully saturated rings. The number of allylic oxidation sites excluding steroid dienone is 4. The number of rotatable bonds is 3. The van der Waals surface area contributed by atoms with Crippen LogP contribution in [-0.4, -0.2) is 18.8 Å². The summed E-state index contributed by atoms with van der Waals surface area (Å²) in [7, 11) is 0. The van der Waals surface area contributed by atoms with Gasteiger partial charge in [0.15, 0.2) is 0 Å². The molecule has 0 N–H and O–H groups in total. The summed E-state index contributed by atoms with van der Waals surface area (Å²) >= 11 is 2.14. The average Bonchev–Trinajstić information content (AvgIpc) is 3.68. The third-order valence-electron chi connectivity index (χ3n) is 19.8. The quantitative estimate of drug-likeness (QED) is 0.166. The Bertz CT molecular complexity index is 3210. The van der Waals surface area contributed by atoms with Gasteiger partial charge in [-0.2, -0.15) is 0 Å². The third-order valence-corrected chi connectivity index (χ3v) is 21.0. The van der Waals surface area contributed by atoms with Gasteiger partial charge in [-0.1, -0.05) is 170 Å². The smallest absolute Gasteiger partial charge is 0.239 e. The molecule has 3 atom stereocenters. The molecule has 7 aliphatic rings. The van der Waals surface area contributed by atoms with Crippen LogP contribution < -0.4 is 20.0 Å². The zero-order valence-electron chi connectivity index (χ0n) is 46.3. The Morgan fingerprint density at radius 1 is 0.606 bits per heavy atom. The second-order valence-corrected chi connectivity index (χ2v) is 29.6. The lowest BCUT2D eigenvalue weighted by Crippen LogP contribution is -2.64. The van der Waals surface area contributed by atoms with Gasteiger partial charge in [0.25, 0.3) is 0 Å². The van der Waals surface area contributed by atoms with Crippen molar-refractivity contribution in [3.63, 3.8) is 0 Å². The standard InChI is InChI=1S/C67H81BN2S/c1-40-32-55-58-56(33-40)70(53-37-49-46(62(5,6)26-29-65(49,11)12)34-44(53)41-20-18-17-19-21-41)54-38-50-48(64(9,10)28-30-66(50,13)14)36-52(54)68(58)60-59(69(55)43-24-22-42(23-25-43)61(2,3)4)45-35-47-51(39-57(45)71-60)67(15,16)31-27-63(47,7)8/h17-24,32-39,43,56,58H,25-31H2,1-16H3/t43-,56?,58+/m1/s1. The van der Waals surface area contributed by atoms with E-state index in [4.69, 9.17) is 0 Å². The summed E-state index contributed by atoms with van der Waals surface area (Å²) in [4.78, 5) is 5.82. The van der Waals surface area contributed by atoms with Gasteiger partial charge in [0.05, 0.1) is 17.8 Å². The van der Waals surface area contributed by atoms with Crippen LogP contribution in [0.2, 0.25) is 5.82 Å². The lowest BCUT2D eigenvalue weighted by molar-refractivity contribution is 0.332. The molecule has 5 aromatic rings. The Morgan fingerprint density at radius 2 is 1.13 bits per heavy atom. The fourth-order valence-electron chi connectivity index (χ4n) is 14.9. The summed E-state index contributed by atoms with van der Waals surface area (Å²) in [6.45, 7) is 39.9. The minimum atomic E-state index is 0.0594. The Kier molecular flexibility index (Phi) is 10.2. The van der Waals surface area contributed by atoms with E-state index in [2.05, 4.69) is 229 Å². The van der Waals surface area contributed by atoms with Crippen LogP contribution in [-0.2, 0) is 32.5 Å². The van der Waals surface area contributed by atoms with Crippen molar-refractivity contribution >= 4 is 55.4 Å². The van der Waals surface area contributed by atoms with Crippen LogP contribution in [0.1, 0.15) is 189 Å². The summed E-state index contributed by atoms with van der Waals surface area (Å²) in [5.74, 6) is 0.206. The van der Waals surface area contributed by atoms with Gasteiger partial charge in [-0.25, -0.2) is 0 Å². The minimum Gasteiger partial charge on any atom is -0.337 e. The van der Waals surface area contributed by atoms with Crippen molar-refractivity contribution in [2.45, 2.75) is 206 Å². The van der Waals surface area contributed by atoms with E-state index < -0.39 is 0 Å². The predicted molar refractivity (Wildman–Crippen MR) is 310 cm³/mol. The third kappa shape index (κ3) is 7.12. The van der Waals surface area contributed by atoms with Crippen LogP contribution >= 0.6 is 11.3 Å². The highest BCUT2D eigenvalue weighted by molar-refractivity contribution is 7.32. The zero-order valence-corrected chi connectivity index (χ0v) is 47.1. The first-order valence-electron chi connectivity index (χ1n) is 27.6. The average molecular weight is 957 g/mol. The van der Waals surface area contributed by atoms with E-state index in [1.54, 1.807) is 27.0 Å². The van der Waals surface area contributed by atoms with E-state index in [1.807, 2.05) is 0 Å².